The molecule has 0 unspecified atom stereocenters. The molecule has 0 bridgehead atoms. The second-order valence-electron chi connectivity index (χ2n) is 6.63. The van der Waals surface area contributed by atoms with Gasteiger partial charge in [-0.15, -0.1) is 11.3 Å². The number of benzene rings is 1. The first-order valence-electron chi connectivity index (χ1n) is 9.08. The zero-order chi connectivity index (χ0) is 17.6. The van der Waals surface area contributed by atoms with Gasteiger partial charge in [-0.05, 0) is 58.1 Å². The minimum absolute atomic E-state index is 0.0102. The largest absolute Gasteiger partial charge is 0.378 e. The van der Waals surface area contributed by atoms with Gasteiger partial charge in [0.05, 0.1) is 11.8 Å². The standard InChI is InChI=1S/C20H26N2O2S/c1-14-15(2)25-20(22-14)17-8-5-7-16(13-17)19(23)21-11-4-3-9-18-10-6-12-24-18/h5,7-8,13,18H,3-4,6,9-12H2,1-2H3,(H,21,23)/t18-/m1/s1. The lowest BCUT2D eigenvalue weighted by molar-refractivity contribution is 0.0947. The van der Waals surface area contributed by atoms with Gasteiger partial charge in [-0.3, -0.25) is 4.79 Å². The van der Waals surface area contributed by atoms with E-state index in [1.165, 1.54) is 17.7 Å². The van der Waals surface area contributed by atoms with E-state index in [0.717, 1.165) is 42.1 Å². The highest BCUT2D eigenvalue weighted by Crippen LogP contribution is 2.27. The molecule has 0 saturated carbocycles. The lowest BCUT2D eigenvalue weighted by atomic mass is 10.1. The average molecular weight is 359 g/mol. The molecule has 0 radical (unpaired) electrons. The fourth-order valence-corrected chi connectivity index (χ4v) is 3.97. The first-order chi connectivity index (χ1) is 12.1. The van der Waals surface area contributed by atoms with Gasteiger partial charge < -0.3 is 10.1 Å². The fourth-order valence-electron chi connectivity index (χ4n) is 3.06. The first kappa shape index (κ1) is 18.1. The maximum Gasteiger partial charge on any atom is 0.251 e. The molecule has 1 atom stereocenters. The van der Waals surface area contributed by atoms with E-state index in [9.17, 15) is 4.79 Å². The van der Waals surface area contributed by atoms with Gasteiger partial charge in [-0.1, -0.05) is 12.1 Å². The quantitative estimate of drug-likeness (QED) is 0.741. The molecule has 1 aliphatic rings. The summed E-state index contributed by atoms with van der Waals surface area (Å²) in [5, 5.41) is 4.00. The number of thiazole rings is 1. The predicted molar refractivity (Wildman–Crippen MR) is 102 cm³/mol. The van der Waals surface area contributed by atoms with Gasteiger partial charge in [-0.2, -0.15) is 0 Å². The Bertz CT molecular complexity index is 701. The van der Waals surface area contributed by atoms with Crippen molar-refractivity contribution in [2.45, 2.75) is 52.1 Å². The molecule has 1 N–H and O–H groups in total. The molecule has 1 aliphatic heterocycles. The third kappa shape index (κ3) is 4.89. The van der Waals surface area contributed by atoms with Crippen LogP contribution in [-0.2, 0) is 4.74 Å². The minimum Gasteiger partial charge on any atom is -0.378 e. The molecule has 1 aromatic heterocycles. The van der Waals surface area contributed by atoms with Crippen LogP contribution in [0.15, 0.2) is 24.3 Å². The number of hydrogen-bond donors (Lipinski definition) is 1. The summed E-state index contributed by atoms with van der Waals surface area (Å²) in [6, 6.07) is 7.72. The molecular formula is C20H26N2O2S. The summed E-state index contributed by atoms with van der Waals surface area (Å²) >= 11 is 1.67. The molecule has 1 amide bonds. The molecule has 2 heterocycles. The van der Waals surface area contributed by atoms with E-state index in [1.807, 2.05) is 31.2 Å². The van der Waals surface area contributed by atoms with Gasteiger partial charge in [0.25, 0.3) is 5.91 Å². The van der Waals surface area contributed by atoms with Crippen molar-refractivity contribution in [2.75, 3.05) is 13.2 Å². The maximum absolute atomic E-state index is 12.4. The molecule has 3 rings (SSSR count). The van der Waals surface area contributed by atoms with Gasteiger partial charge in [0.1, 0.15) is 5.01 Å². The van der Waals surface area contributed by atoms with Crippen LogP contribution in [0.2, 0.25) is 0 Å². The highest BCUT2D eigenvalue weighted by atomic mass is 32.1. The number of nitrogens with one attached hydrogen (secondary N) is 1. The van der Waals surface area contributed by atoms with Gasteiger partial charge >= 0.3 is 0 Å². The summed E-state index contributed by atoms with van der Waals surface area (Å²) in [7, 11) is 0. The van der Waals surface area contributed by atoms with E-state index in [4.69, 9.17) is 4.74 Å². The van der Waals surface area contributed by atoms with Gasteiger partial charge in [0.2, 0.25) is 0 Å². The van der Waals surface area contributed by atoms with E-state index in [-0.39, 0.29) is 5.91 Å². The molecule has 4 nitrogen and oxygen atoms in total. The Morgan fingerprint density at radius 2 is 2.24 bits per heavy atom. The zero-order valence-electron chi connectivity index (χ0n) is 15.0. The van der Waals surface area contributed by atoms with Gasteiger partial charge in [0.15, 0.2) is 0 Å². The fraction of sp³-hybridized carbons (Fsp3) is 0.500. The number of amides is 1. The Balaban J connectivity index is 1.49. The predicted octanol–water partition coefficient (Wildman–Crippen LogP) is 4.51. The molecule has 25 heavy (non-hydrogen) atoms. The highest BCUT2D eigenvalue weighted by Gasteiger charge is 2.14. The van der Waals surface area contributed by atoms with Crippen LogP contribution in [0.25, 0.3) is 10.6 Å². The van der Waals surface area contributed by atoms with Crippen molar-refractivity contribution in [3.63, 3.8) is 0 Å². The van der Waals surface area contributed by atoms with Crippen molar-refractivity contribution in [3.8, 4) is 10.6 Å². The number of hydrogen-bond acceptors (Lipinski definition) is 4. The van der Waals surface area contributed by atoms with Gasteiger partial charge in [-0.25, -0.2) is 4.98 Å². The van der Waals surface area contributed by atoms with Crippen LogP contribution in [0.4, 0.5) is 0 Å². The second-order valence-corrected chi connectivity index (χ2v) is 7.83. The number of unbranched alkanes of at least 4 members (excludes halogenated alkanes) is 1. The highest BCUT2D eigenvalue weighted by molar-refractivity contribution is 7.15. The topological polar surface area (TPSA) is 51.2 Å². The monoisotopic (exact) mass is 358 g/mol. The lowest BCUT2D eigenvalue weighted by Crippen LogP contribution is -2.24. The molecule has 5 heteroatoms. The molecule has 1 saturated heterocycles. The normalized spacial score (nSPS) is 17.0. The SMILES string of the molecule is Cc1nc(-c2cccc(C(=O)NCCCC[C@@H]3CCCO3)c2)sc1C. The number of aromatic nitrogens is 1. The van der Waals surface area contributed by atoms with E-state index < -0.39 is 0 Å². The van der Waals surface area contributed by atoms with Crippen molar-refractivity contribution in [1.29, 1.82) is 0 Å². The summed E-state index contributed by atoms with van der Waals surface area (Å²) in [6.45, 7) is 5.72. The first-order valence-corrected chi connectivity index (χ1v) is 9.89. The van der Waals surface area contributed by atoms with Crippen LogP contribution in [0, 0.1) is 13.8 Å². The summed E-state index contributed by atoms with van der Waals surface area (Å²) < 4.78 is 5.62. The molecule has 1 aromatic carbocycles. The Hall–Kier alpha value is -1.72. The van der Waals surface area contributed by atoms with Crippen LogP contribution in [-0.4, -0.2) is 30.1 Å². The van der Waals surface area contributed by atoms with Crippen molar-refractivity contribution in [2.24, 2.45) is 0 Å². The molecule has 1 fully saturated rings. The molecule has 134 valence electrons. The Morgan fingerprint density at radius 1 is 1.36 bits per heavy atom. The van der Waals surface area contributed by atoms with Crippen molar-refractivity contribution in [3.05, 3.63) is 40.4 Å². The van der Waals surface area contributed by atoms with E-state index in [0.29, 0.717) is 18.2 Å². The third-order valence-electron chi connectivity index (χ3n) is 4.66. The minimum atomic E-state index is -0.0102. The van der Waals surface area contributed by atoms with Gasteiger partial charge in [0, 0.05) is 29.2 Å². The number of rotatable bonds is 7. The van der Waals surface area contributed by atoms with Crippen LogP contribution >= 0.6 is 11.3 Å². The zero-order valence-corrected chi connectivity index (χ0v) is 15.8. The van der Waals surface area contributed by atoms with Crippen LogP contribution in [0.5, 0.6) is 0 Å². The molecule has 2 aromatic rings. The Kier molecular flexibility index (Phi) is 6.21. The summed E-state index contributed by atoms with van der Waals surface area (Å²) in [4.78, 5) is 18.2. The number of carbonyl (C=O) groups is 1. The number of aryl methyl sites for hydroxylation is 2. The van der Waals surface area contributed by atoms with E-state index in [1.54, 1.807) is 11.3 Å². The number of carbonyl (C=O) groups excluding carboxylic acids is 1. The maximum atomic E-state index is 12.4. The Morgan fingerprint density at radius 3 is 2.96 bits per heavy atom. The van der Waals surface area contributed by atoms with Crippen LogP contribution in [0.1, 0.15) is 53.0 Å². The molecule has 0 aliphatic carbocycles. The molecular weight excluding hydrogens is 332 g/mol. The third-order valence-corrected chi connectivity index (χ3v) is 5.78. The van der Waals surface area contributed by atoms with E-state index in [2.05, 4.69) is 17.2 Å². The van der Waals surface area contributed by atoms with Crippen molar-refractivity contribution in [1.82, 2.24) is 10.3 Å². The Labute approximate surface area is 153 Å². The molecule has 0 spiro atoms. The van der Waals surface area contributed by atoms with E-state index >= 15 is 0 Å². The summed E-state index contributed by atoms with van der Waals surface area (Å²) in [5.41, 5.74) is 2.76. The van der Waals surface area contributed by atoms with Crippen LogP contribution < -0.4 is 5.32 Å². The second kappa shape index (κ2) is 8.59. The number of nitrogens with zero attached hydrogens (tertiary/aromatic N) is 1. The van der Waals surface area contributed by atoms with Crippen molar-refractivity contribution < 1.29 is 9.53 Å². The lowest BCUT2D eigenvalue weighted by Gasteiger charge is -2.09. The smallest absolute Gasteiger partial charge is 0.251 e. The summed E-state index contributed by atoms with van der Waals surface area (Å²) in [5.74, 6) is -0.0102. The summed E-state index contributed by atoms with van der Waals surface area (Å²) in [6.07, 6.45) is 6.02. The average Bonchev–Trinajstić information content (AvgIpc) is 3.25. The van der Waals surface area contributed by atoms with Crippen molar-refractivity contribution >= 4 is 17.2 Å². The number of ether oxygens (including phenoxy) is 1. The van der Waals surface area contributed by atoms with Crippen LogP contribution in [0.3, 0.4) is 0 Å².